The van der Waals surface area contributed by atoms with Gasteiger partial charge in [-0.3, -0.25) is 14.4 Å². The molecular formula is C20H22N2O6S. The second kappa shape index (κ2) is 11.0. The number of carboxylic acid groups (broad SMARTS) is 1. The molecule has 0 spiro atoms. The number of rotatable bonds is 10. The summed E-state index contributed by atoms with van der Waals surface area (Å²) in [5, 5.41) is 14.0. The van der Waals surface area contributed by atoms with Crippen LogP contribution in [0.4, 0.5) is 11.4 Å². The predicted octanol–water partition coefficient (Wildman–Crippen LogP) is 3.24. The molecule has 29 heavy (non-hydrogen) atoms. The molecule has 0 saturated heterocycles. The standard InChI is InChI=1S/C20H22N2O6S/c1-27-14-5-8-16(17(11-14)28-2)22-19(24)12-29-15-6-3-13(4-7-15)21-18(23)9-10-20(25)26/h3-8,11H,9-10,12H2,1-2H3,(H,21,23)(H,22,24)(H,25,26). The van der Waals surface area contributed by atoms with Crippen molar-refractivity contribution in [1.82, 2.24) is 0 Å². The molecule has 3 N–H and O–H groups in total. The number of benzene rings is 2. The minimum atomic E-state index is -1.02. The second-order valence-corrected chi connectivity index (χ2v) is 6.92. The van der Waals surface area contributed by atoms with Gasteiger partial charge in [-0.25, -0.2) is 0 Å². The molecule has 0 aliphatic heterocycles. The summed E-state index contributed by atoms with van der Waals surface area (Å²) >= 11 is 1.34. The largest absolute Gasteiger partial charge is 0.497 e. The Morgan fingerprint density at radius 3 is 2.28 bits per heavy atom. The molecule has 0 radical (unpaired) electrons. The van der Waals surface area contributed by atoms with Gasteiger partial charge in [-0.15, -0.1) is 11.8 Å². The van der Waals surface area contributed by atoms with E-state index in [2.05, 4.69) is 10.6 Å². The Balaban J connectivity index is 1.84. The van der Waals surface area contributed by atoms with Gasteiger partial charge >= 0.3 is 5.97 Å². The molecule has 2 rings (SSSR count). The van der Waals surface area contributed by atoms with Crippen molar-refractivity contribution in [3.63, 3.8) is 0 Å². The molecule has 8 nitrogen and oxygen atoms in total. The molecule has 0 aliphatic carbocycles. The average Bonchev–Trinajstić information content (AvgIpc) is 2.72. The number of methoxy groups -OCH3 is 2. The molecule has 0 atom stereocenters. The number of carbonyl (C=O) groups is 3. The fourth-order valence-corrected chi connectivity index (χ4v) is 3.01. The smallest absolute Gasteiger partial charge is 0.303 e. The number of hydrogen-bond acceptors (Lipinski definition) is 6. The summed E-state index contributed by atoms with van der Waals surface area (Å²) in [7, 11) is 3.07. The van der Waals surface area contributed by atoms with E-state index >= 15 is 0 Å². The number of carboxylic acids is 1. The number of nitrogens with one attached hydrogen (secondary N) is 2. The Hall–Kier alpha value is -3.20. The molecule has 0 aromatic heterocycles. The van der Waals surface area contributed by atoms with Crippen LogP contribution in [0.2, 0.25) is 0 Å². The number of hydrogen-bond donors (Lipinski definition) is 3. The summed E-state index contributed by atoms with van der Waals surface area (Å²) in [5.74, 6) is -0.239. The topological polar surface area (TPSA) is 114 Å². The lowest BCUT2D eigenvalue weighted by Gasteiger charge is -2.11. The fraction of sp³-hybridized carbons (Fsp3) is 0.250. The quantitative estimate of drug-likeness (QED) is 0.508. The third-order valence-electron chi connectivity index (χ3n) is 3.76. The van der Waals surface area contributed by atoms with Crippen LogP contribution in [0.15, 0.2) is 47.4 Å². The summed E-state index contributed by atoms with van der Waals surface area (Å²) in [6, 6.07) is 12.1. The van der Waals surface area contributed by atoms with Crippen LogP contribution in [-0.2, 0) is 14.4 Å². The highest BCUT2D eigenvalue weighted by atomic mass is 32.2. The van der Waals surface area contributed by atoms with Gasteiger partial charge in [0.15, 0.2) is 0 Å². The van der Waals surface area contributed by atoms with Crippen LogP contribution >= 0.6 is 11.8 Å². The Bertz CT molecular complexity index is 870. The first-order chi connectivity index (χ1) is 13.9. The summed E-state index contributed by atoms with van der Waals surface area (Å²) < 4.78 is 10.4. The molecule has 9 heteroatoms. The van der Waals surface area contributed by atoms with Crippen LogP contribution in [0.5, 0.6) is 11.5 Å². The summed E-state index contributed by atoms with van der Waals surface area (Å²) in [4.78, 5) is 35.2. The predicted molar refractivity (Wildman–Crippen MR) is 111 cm³/mol. The number of carbonyl (C=O) groups excluding carboxylic acids is 2. The summed E-state index contributed by atoms with van der Waals surface area (Å²) in [5.41, 5.74) is 1.12. The van der Waals surface area contributed by atoms with Crippen molar-refractivity contribution in [2.75, 3.05) is 30.6 Å². The minimum absolute atomic E-state index is 0.0825. The molecule has 0 aliphatic rings. The lowest BCUT2D eigenvalue weighted by molar-refractivity contribution is -0.138. The first kappa shape index (κ1) is 22.1. The zero-order valence-electron chi connectivity index (χ0n) is 16.1. The number of amides is 2. The van der Waals surface area contributed by atoms with Crippen LogP contribution in [0.1, 0.15) is 12.8 Å². The van der Waals surface area contributed by atoms with E-state index in [1.807, 2.05) is 0 Å². The van der Waals surface area contributed by atoms with Crippen LogP contribution in [0.3, 0.4) is 0 Å². The highest BCUT2D eigenvalue weighted by molar-refractivity contribution is 8.00. The molecule has 2 amide bonds. The van der Waals surface area contributed by atoms with Crippen LogP contribution in [0, 0.1) is 0 Å². The van der Waals surface area contributed by atoms with Gasteiger partial charge in [0, 0.05) is 23.1 Å². The van der Waals surface area contributed by atoms with Gasteiger partial charge in [-0.2, -0.15) is 0 Å². The molecule has 154 valence electrons. The first-order valence-corrected chi connectivity index (χ1v) is 9.66. The molecule has 0 heterocycles. The van der Waals surface area contributed by atoms with Gasteiger partial charge < -0.3 is 25.2 Å². The average molecular weight is 418 g/mol. The Kier molecular flexibility index (Phi) is 8.35. The maximum atomic E-state index is 12.2. The van der Waals surface area contributed by atoms with Gasteiger partial charge in [0.05, 0.1) is 32.1 Å². The van der Waals surface area contributed by atoms with E-state index in [0.29, 0.717) is 22.9 Å². The normalized spacial score (nSPS) is 10.1. The first-order valence-electron chi connectivity index (χ1n) is 8.67. The zero-order chi connectivity index (χ0) is 21.2. The third kappa shape index (κ3) is 7.38. The molecule has 0 fully saturated rings. The van der Waals surface area contributed by atoms with Crippen molar-refractivity contribution < 1.29 is 29.0 Å². The minimum Gasteiger partial charge on any atom is -0.497 e. The number of thioether (sulfide) groups is 1. The molecular weight excluding hydrogens is 396 g/mol. The highest BCUT2D eigenvalue weighted by Gasteiger charge is 2.10. The van der Waals surface area contributed by atoms with Gasteiger partial charge in [0.1, 0.15) is 11.5 Å². The van der Waals surface area contributed by atoms with E-state index in [4.69, 9.17) is 14.6 Å². The lowest BCUT2D eigenvalue weighted by Crippen LogP contribution is -2.14. The number of anilines is 2. The van der Waals surface area contributed by atoms with E-state index in [-0.39, 0.29) is 30.4 Å². The Labute approximate surface area is 172 Å². The fourth-order valence-electron chi connectivity index (χ4n) is 2.32. The van der Waals surface area contributed by atoms with Gasteiger partial charge in [0.25, 0.3) is 0 Å². The van der Waals surface area contributed by atoms with Crippen molar-refractivity contribution in [3.05, 3.63) is 42.5 Å². The van der Waals surface area contributed by atoms with Crippen molar-refractivity contribution in [3.8, 4) is 11.5 Å². The van der Waals surface area contributed by atoms with Crippen molar-refractivity contribution >= 4 is 40.9 Å². The van der Waals surface area contributed by atoms with E-state index in [0.717, 1.165) is 4.90 Å². The zero-order valence-corrected chi connectivity index (χ0v) is 16.9. The Morgan fingerprint density at radius 1 is 0.931 bits per heavy atom. The van der Waals surface area contributed by atoms with Crippen molar-refractivity contribution in [2.24, 2.45) is 0 Å². The lowest BCUT2D eigenvalue weighted by atomic mass is 10.2. The van der Waals surface area contributed by atoms with E-state index in [1.165, 1.54) is 18.9 Å². The Morgan fingerprint density at radius 2 is 1.66 bits per heavy atom. The maximum absolute atomic E-state index is 12.2. The van der Waals surface area contributed by atoms with Gasteiger partial charge in [0.2, 0.25) is 11.8 Å². The second-order valence-electron chi connectivity index (χ2n) is 5.87. The monoisotopic (exact) mass is 418 g/mol. The summed E-state index contributed by atoms with van der Waals surface area (Å²) in [6.45, 7) is 0. The van der Waals surface area contributed by atoms with Gasteiger partial charge in [-0.1, -0.05) is 0 Å². The van der Waals surface area contributed by atoms with Gasteiger partial charge in [-0.05, 0) is 36.4 Å². The van der Waals surface area contributed by atoms with Crippen LogP contribution in [-0.4, -0.2) is 42.9 Å². The van der Waals surface area contributed by atoms with Crippen LogP contribution in [0.25, 0.3) is 0 Å². The number of aliphatic carboxylic acids is 1. The molecule has 2 aromatic carbocycles. The number of ether oxygens (including phenoxy) is 2. The van der Waals surface area contributed by atoms with Crippen LogP contribution < -0.4 is 20.1 Å². The molecule has 2 aromatic rings. The van der Waals surface area contributed by atoms with Crippen molar-refractivity contribution in [2.45, 2.75) is 17.7 Å². The third-order valence-corrected chi connectivity index (χ3v) is 4.77. The van der Waals surface area contributed by atoms with E-state index < -0.39 is 5.97 Å². The van der Waals surface area contributed by atoms with E-state index in [1.54, 1.807) is 49.6 Å². The van der Waals surface area contributed by atoms with E-state index in [9.17, 15) is 14.4 Å². The summed E-state index contributed by atoms with van der Waals surface area (Å²) in [6.07, 6.45) is -0.297. The van der Waals surface area contributed by atoms with Crippen molar-refractivity contribution in [1.29, 1.82) is 0 Å². The maximum Gasteiger partial charge on any atom is 0.303 e. The molecule has 0 saturated carbocycles. The highest BCUT2D eigenvalue weighted by Crippen LogP contribution is 2.29. The SMILES string of the molecule is COc1ccc(NC(=O)CSc2ccc(NC(=O)CCC(=O)O)cc2)c(OC)c1. The molecule has 0 bridgehead atoms. The molecule has 0 unspecified atom stereocenters.